The third-order valence-electron chi connectivity index (χ3n) is 3.31. The molecule has 4 heteroatoms. The van der Waals surface area contributed by atoms with Gasteiger partial charge >= 0.3 is 6.09 Å². The molecule has 2 aliphatic rings. The lowest BCUT2D eigenvalue weighted by molar-refractivity contribution is -0.125. The molecule has 17 heavy (non-hydrogen) atoms. The zero-order valence-electron chi connectivity index (χ0n) is 10.9. The van der Waals surface area contributed by atoms with Crippen molar-refractivity contribution in [2.45, 2.75) is 45.6 Å². The summed E-state index contributed by atoms with van der Waals surface area (Å²) in [4.78, 5) is 25.2. The summed E-state index contributed by atoms with van der Waals surface area (Å²) in [5.41, 5.74) is -0.445. The van der Waals surface area contributed by atoms with Crippen LogP contribution in [-0.2, 0) is 9.53 Å². The number of ether oxygens (including phenoxy) is 1. The summed E-state index contributed by atoms with van der Waals surface area (Å²) in [6, 6.07) is 0. The van der Waals surface area contributed by atoms with Crippen LogP contribution in [0.25, 0.3) is 0 Å². The molecule has 1 aliphatic heterocycles. The zero-order chi connectivity index (χ0) is 12.6. The van der Waals surface area contributed by atoms with Crippen LogP contribution in [0.4, 0.5) is 4.79 Å². The van der Waals surface area contributed by atoms with E-state index in [4.69, 9.17) is 4.74 Å². The van der Waals surface area contributed by atoms with E-state index in [1.807, 2.05) is 20.8 Å². The Hall–Kier alpha value is -1.06. The second kappa shape index (κ2) is 4.31. The van der Waals surface area contributed by atoms with Crippen molar-refractivity contribution in [2.75, 3.05) is 13.1 Å². The predicted molar refractivity (Wildman–Crippen MR) is 63.6 cm³/mol. The Morgan fingerprint density at radius 1 is 1.24 bits per heavy atom. The number of carbonyl (C=O) groups is 2. The van der Waals surface area contributed by atoms with E-state index in [9.17, 15) is 9.59 Å². The van der Waals surface area contributed by atoms with Crippen molar-refractivity contribution in [2.24, 2.45) is 11.8 Å². The Bertz CT molecular complexity index is 316. The lowest BCUT2D eigenvalue weighted by atomic mass is 9.77. The van der Waals surface area contributed by atoms with E-state index in [1.54, 1.807) is 4.90 Å². The van der Waals surface area contributed by atoms with Gasteiger partial charge < -0.3 is 9.64 Å². The number of carbonyl (C=O) groups excluding carboxylic acids is 2. The highest BCUT2D eigenvalue weighted by atomic mass is 16.6. The average molecular weight is 239 g/mol. The molecule has 0 radical (unpaired) electrons. The smallest absolute Gasteiger partial charge is 0.410 e. The van der Waals surface area contributed by atoms with Gasteiger partial charge in [-0.25, -0.2) is 4.79 Å². The number of Topliss-reactive ketones (excluding diaryl/α,β-unsaturated/α-hetero) is 1. The van der Waals surface area contributed by atoms with Crippen LogP contribution in [0.15, 0.2) is 0 Å². The third-order valence-corrected chi connectivity index (χ3v) is 3.31. The van der Waals surface area contributed by atoms with Gasteiger partial charge in [-0.2, -0.15) is 0 Å². The summed E-state index contributed by atoms with van der Waals surface area (Å²) in [5.74, 6) is 1.06. The number of amides is 1. The number of ketones is 1. The molecule has 1 aliphatic carbocycles. The minimum absolute atomic E-state index is 0.235. The van der Waals surface area contributed by atoms with E-state index in [0.29, 0.717) is 43.6 Å². The largest absolute Gasteiger partial charge is 0.444 e. The first-order valence-corrected chi connectivity index (χ1v) is 6.33. The molecule has 2 bridgehead atoms. The monoisotopic (exact) mass is 239 g/mol. The fourth-order valence-electron chi connectivity index (χ4n) is 2.82. The summed E-state index contributed by atoms with van der Waals surface area (Å²) < 4.78 is 5.37. The number of hydrogen-bond acceptors (Lipinski definition) is 3. The highest BCUT2D eigenvalue weighted by Gasteiger charge is 2.37. The SMILES string of the molecule is CC(C)(C)OC(=O)N1C[C@H]2CC(=O)C[C@@H](C2)C1. The standard InChI is InChI=1S/C13H21NO3/c1-13(2,3)17-12(16)14-7-9-4-10(8-14)6-11(15)5-9/h9-10H,4-8H2,1-3H3/t9-,10-/m1/s1. The number of fused-ring (bicyclic) bond motifs is 2. The summed E-state index contributed by atoms with van der Waals surface area (Å²) in [6.07, 6.45) is 2.12. The Morgan fingerprint density at radius 3 is 2.24 bits per heavy atom. The molecule has 2 rings (SSSR count). The van der Waals surface area contributed by atoms with Crippen molar-refractivity contribution in [1.29, 1.82) is 0 Å². The van der Waals surface area contributed by atoms with Gasteiger partial charge in [0.25, 0.3) is 0 Å². The van der Waals surface area contributed by atoms with Gasteiger partial charge in [0, 0.05) is 25.9 Å². The van der Waals surface area contributed by atoms with Gasteiger partial charge in [-0.05, 0) is 39.0 Å². The molecule has 0 aromatic carbocycles. The maximum atomic E-state index is 11.9. The second-order valence-corrected chi connectivity index (χ2v) is 6.30. The molecule has 0 aromatic rings. The minimum Gasteiger partial charge on any atom is -0.444 e. The van der Waals surface area contributed by atoms with Gasteiger partial charge in [0.2, 0.25) is 0 Å². The molecule has 96 valence electrons. The second-order valence-electron chi connectivity index (χ2n) is 6.30. The van der Waals surface area contributed by atoms with Gasteiger partial charge in [-0.3, -0.25) is 4.79 Å². The first-order chi connectivity index (χ1) is 7.83. The Morgan fingerprint density at radius 2 is 1.76 bits per heavy atom. The van der Waals surface area contributed by atoms with Crippen molar-refractivity contribution in [1.82, 2.24) is 4.90 Å². The van der Waals surface area contributed by atoms with Crippen LogP contribution in [0.3, 0.4) is 0 Å². The normalized spacial score (nSPS) is 29.1. The molecular weight excluding hydrogens is 218 g/mol. The average Bonchev–Trinajstić information content (AvgIpc) is 2.12. The molecule has 0 spiro atoms. The molecule has 4 nitrogen and oxygen atoms in total. The summed E-state index contributed by atoms with van der Waals surface area (Å²) in [6.45, 7) is 6.98. The number of piperidine rings is 1. The van der Waals surface area contributed by atoms with Gasteiger partial charge in [0.1, 0.15) is 11.4 Å². The van der Waals surface area contributed by atoms with Crippen molar-refractivity contribution in [3.8, 4) is 0 Å². The van der Waals surface area contributed by atoms with E-state index in [0.717, 1.165) is 6.42 Å². The predicted octanol–water partition coefficient (Wildman–Crippen LogP) is 2.22. The van der Waals surface area contributed by atoms with Crippen LogP contribution in [0.5, 0.6) is 0 Å². The van der Waals surface area contributed by atoms with E-state index in [-0.39, 0.29) is 6.09 Å². The maximum Gasteiger partial charge on any atom is 0.410 e. The van der Waals surface area contributed by atoms with Gasteiger partial charge in [0.05, 0.1) is 0 Å². The van der Waals surface area contributed by atoms with Crippen molar-refractivity contribution < 1.29 is 14.3 Å². The van der Waals surface area contributed by atoms with Crippen molar-refractivity contribution >= 4 is 11.9 Å². The molecule has 0 unspecified atom stereocenters. The van der Waals surface area contributed by atoms with Gasteiger partial charge in [-0.15, -0.1) is 0 Å². The van der Waals surface area contributed by atoms with Crippen LogP contribution < -0.4 is 0 Å². The lowest BCUT2D eigenvalue weighted by Crippen LogP contribution is -2.48. The Labute approximate surface area is 102 Å². The Balaban J connectivity index is 1.96. The van der Waals surface area contributed by atoms with Crippen molar-refractivity contribution in [3.63, 3.8) is 0 Å². The van der Waals surface area contributed by atoms with E-state index in [1.165, 1.54) is 0 Å². The Kier molecular flexibility index (Phi) is 3.15. The lowest BCUT2D eigenvalue weighted by Gasteiger charge is -2.40. The number of rotatable bonds is 0. The van der Waals surface area contributed by atoms with E-state index in [2.05, 4.69) is 0 Å². The highest BCUT2D eigenvalue weighted by molar-refractivity contribution is 5.80. The summed E-state index contributed by atoms with van der Waals surface area (Å²) >= 11 is 0. The first-order valence-electron chi connectivity index (χ1n) is 6.33. The summed E-state index contributed by atoms with van der Waals surface area (Å²) in [5, 5.41) is 0. The molecule has 1 heterocycles. The molecule has 2 fully saturated rings. The molecule has 0 aromatic heterocycles. The topological polar surface area (TPSA) is 46.6 Å². The van der Waals surface area contributed by atoms with E-state index < -0.39 is 5.60 Å². The maximum absolute atomic E-state index is 11.9. The fourth-order valence-corrected chi connectivity index (χ4v) is 2.82. The summed E-state index contributed by atoms with van der Waals surface area (Å²) in [7, 11) is 0. The molecule has 2 atom stereocenters. The number of hydrogen-bond donors (Lipinski definition) is 0. The van der Waals surface area contributed by atoms with Crippen LogP contribution in [0.1, 0.15) is 40.0 Å². The minimum atomic E-state index is -0.445. The number of nitrogens with zero attached hydrogens (tertiary/aromatic N) is 1. The molecular formula is C13H21NO3. The molecule has 1 saturated heterocycles. The fraction of sp³-hybridized carbons (Fsp3) is 0.846. The van der Waals surface area contributed by atoms with Gasteiger partial charge in [0.15, 0.2) is 0 Å². The quantitative estimate of drug-likeness (QED) is 0.651. The molecule has 0 N–H and O–H groups in total. The van der Waals surface area contributed by atoms with Gasteiger partial charge in [-0.1, -0.05) is 0 Å². The highest BCUT2D eigenvalue weighted by Crippen LogP contribution is 2.33. The van der Waals surface area contributed by atoms with Crippen LogP contribution in [-0.4, -0.2) is 35.5 Å². The van der Waals surface area contributed by atoms with Crippen LogP contribution >= 0.6 is 0 Å². The third kappa shape index (κ3) is 3.20. The number of likely N-dealkylation sites (tertiary alicyclic amines) is 1. The molecule has 1 saturated carbocycles. The van der Waals surface area contributed by atoms with E-state index >= 15 is 0 Å². The van der Waals surface area contributed by atoms with Crippen LogP contribution in [0, 0.1) is 11.8 Å². The zero-order valence-corrected chi connectivity index (χ0v) is 10.9. The first kappa shape index (κ1) is 12.4. The van der Waals surface area contributed by atoms with Crippen LogP contribution in [0.2, 0.25) is 0 Å². The van der Waals surface area contributed by atoms with Crippen molar-refractivity contribution in [3.05, 3.63) is 0 Å². The molecule has 1 amide bonds.